The van der Waals surface area contributed by atoms with Gasteiger partial charge in [-0.3, -0.25) is 0 Å². The number of halogens is 2. The van der Waals surface area contributed by atoms with Gasteiger partial charge in [-0.2, -0.15) is 8.78 Å². The van der Waals surface area contributed by atoms with E-state index in [0.29, 0.717) is 12.2 Å². The Labute approximate surface area is 119 Å². The summed E-state index contributed by atoms with van der Waals surface area (Å²) in [6, 6.07) is 6.34. The van der Waals surface area contributed by atoms with E-state index < -0.39 is 6.61 Å². The van der Waals surface area contributed by atoms with E-state index in [0.717, 1.165) is 11.1 Å². The van der Waals surface area contributed by atoms with Gasteiger partial charge in [0.2, 0.25) is 0 Å². The van der Waals surface area contributed by atoms with Crippen LogP contribution in [0.5, 0.6) is 17.2 Å². The zero-order valence-electron chi connectivity index (χ0n) is 10.9. The van der Waals surface area contributed by atoms with E-state index >= 15 is 0 Å². The maximum atomic E-state index is 12.5. The van der Waals surface area contributed by atoms with Gasteiger partial charge in [-0.25, -0.2) is 4.98 Å². The molecule has 1 heterocycles. The highest BCUT2D eigenvalue weighted by Gasteiger charge is 2.17. The smallest absolute Gasteiger partial charge is 0.387 e. The normalized spacial score (nSPS) is 12.5. The van der Waals surface area contributed by atoms with Gasteiger partial charge in [-0.15, -0.1) is 0 Å². The first-order valence-electron chi connectivity index (χ1n) is 6.29. The molecule has 0 unspecified atom stereocenters. The number of hydrogen-bond acceptors (Lipinski definition) is 4. The van der Waals surface area contributed by atoms with E-state index in [4.69, 9.17) is 10.5 Å². The fraction of sp³-hybridized carbons (Fsp3) is 0.133. The minimum absolute atomic E-state index is 0.00262. The highest BCUT2D eigenvalue weighted by Crippen LogP contribution is 2.37. The van der Waals surface area contributed by atoms with E-state index in [1.807, 2.05) is 12.2 Å². The molecule has 0 radical (unpaired) electrons. The summed E-state index contributed by atoms with van der Waals surface area (Å²) in [6.07, 6.45) is 6.03. The van der Waals surface area contributed by atoms with Crippen LogP contribution in [0.1, 0.15) is 11.1 Å². The van der Waals surface area contributed by atoms with Crippen molar-refractivity contribution in [1.29, 1.82) is 0 Å². The van der Waals surface area contributed by atoms with Gasteiger partial charge in [-0.1, -0.05) is 12.2 Å². The zero-order valence-corrected chi connectivity index (χ0v) is 10.9. The van der Waals surface area contributed by atoms with Crippen molar-refractivity contribution in [1.82, 2.24) is 4.98 Å². The zero-order chi connectivity index (χ0) is 14.8. The average molecular weight is 290 g/mol. The summed E-state index contributed by atoms with van der Waals surface area (Å²) in [4.78, 5) is 3.85. The molecule has 0 bridgehead atoms. The molecule has 0 fully saturated rings. The van der Waals surface area contributed by atoms with Crippen LogP contribution >= 0.6 is 0 Å². The molecule has 2 aromatic rings. The lowest BCUT2D eigenvalue weighted by Gasteiger charge is -2.14. The Morgan fingerprint density at radius 1 is 1.19 bits per heavy atom. The lowest BCUT2D eigenvalue weighted by molar-refractivity contribution is -0.0510. The monoisotopic (exact) mass is 290 g/mol. The highest BCUT2D eigenvalue weighted by molar-refractivity contribution is 5.65. The number of hydrogen-bond donors (Lipinski definition) is 1. The summed E-state index contributed by atoms with van der Waals surface area (Å²) in [7, 11) is 0. The molecule has 0 saturated carbocycles. The Kier molecular flexibility index (Phi) is 3.43. The molecular formula is C15H12F2N2O2. The van der Waals surface area contributed by atoms with Crippen LogP contribution < -0.4 is 15.2 Å². The van der Waals surface area contributed by atoms with Crippen molar-refractivity contribution in [2.45, 2.75) is 13.0 Å². The van der Waals surface area contributed by atoms with Crippen LogP contribution in [0.3, 0.4) is 0 Å². The minimum Gasteiger partial charge on any atom is -0.453 e. The molecule has 1 aliphatic rings. The number of nitrogens with zero attached hydrogens (tertiary/aromatic N) is 1. The molecule has 21 heavy (non-hydrogen) atoms. The largest absolute Gasteiger partial charge is 0.453 e. The van der Waals surface area contributed by atoms with Crippen molar-refractivity contribution in [2.24, 2.45) is 0 Å². The number of alkyl halides is 2. The van der Waals surface area contributed by atoms with E-state index in [2.05, 4.69) is 9.72 Å². The third-order valence-corrected chi connectivity index (χ3v) is 3.04. The van der Waals surface area contributed by atoms with E-state index in [9.17, 15) is 8.78 Å². The van der Waals surface area contributed by atoms with Crippen molar-refractivity contribution in [3.8, 4) is 17.2 Å². The topological polar surface area (TPSA) is 57.4 Å². The Hall–Kier alpha value is -2.63. The molecule has 0 amide bonds. The second kappa shape index (κ2) is 5.40. The van der Waals surface area contributed by atoms with Crippen molar-refractivity contribution in [3.05, 3.63) is 47.7 Å². The molecular weight excluding hydrogens is 278 g/mol. The number of ether oxygens (including phenoxy) is 2. The van der Waals surface area contributed by atoms with Gasteiger partial charge in [0.1, 0.15) is 11.6 Å². The van der Waals surface area contributed by atoms with Crippen LogP contribution in [-0.2, 0) is 6.42 Å². The number of nitrogen functional groups attached to an aromatic ring is 1. The van der Waals surface area contributed by atoms with Gasteiger partial charge >= 0.3 is 6.61 Å². The molecule has 108 valence electrons. The number of benzene rings is 1. The molecule has 1 aromatic carbocycles. The summed E-state index contributed by atoms with van der Waals surface area (Å²) < 4.78 is 35.2. The summed E-state index contributed by atoms with van der Waals surface area (Å²) in [5, 5.41) is 0. The molecule has 1 aromatic heterocycles. The number of aromatic nitrogens is 1. The Morgan fingerprint density at radius 3 is 2.81 bits per heavy atom. The average Bonchev–Trinajstić information content (AvgIpc) is 2.85. The van der Waals surface area contributed by atoms with Crippen molar-refractivity contribution in [2.75, 3.05) is 5.73 Å². The van der Waals surface area contributed by atoms with E-state index in [-0.39, 0.29) is 17.3 Å². The summed E-state index contributed by atoms with van der Waals surface area (Å²) in [6.45, 7) is -2.91. The maximum Gasteiger partial charge on any atom is 0.387 e. The Balaban J connectivity index is 1.97. The van der Waals surface area contributed by atoms with Crippen LogP contribution in [0.4, 0.5) is 14.6 Å². The number of pyridine rings is 1. The van der Waals surface area contributed by atoms with Crippen molar-refractivity contribution < 1.29 is 18.3 Å². The molecule has 4 nitrogen and oxygen atoms in total. The number of nitrogens with two attached hydrogens (primary N) is 1. The quantitative estimate of drug-likeness (QED) is 0.934. The first-order chi connectivity index (χ1) is 10.1. The lowest BCUT2D eigenvalue weighted by Crippen LogP contribution is -2.04. The second-order valence-corrected chi connectivity index (χ2v) is 4.50. The third kappa shape index (κ3) is 2.94. The van der Waals surface area contributed by atoms with Gasteiger partial charge in [0.25, 0.3) is 0 Å². The standard InChI is InChI=1S/C15H12F2N2O2/c16-15(17)21-13-7-10-3-1-2-9(10)6-12(13)20-11-4-5-19-14(18)8-11/h1-2,4-8,15H,3H2,(H2,18,19). The fourth-order valence-corrected chi connectivity index (χ4v) is 2.15. The summed E-state index contributed by atoms with van der Waals surface area (Å²) >= 11 is 0. The molecule has 2 N–H and O–H groups in total. The first-order valence-corrected chi connectivity index (χ1v) is 6.29. The van der Waals surface area contributed by atoms with Crippen LogP contribution in [0.25, 0.3) is 6.08 Å². The van der Waals surface area contributed by atoms with Crippen LogP contribution in [0.15, 0.2) is 36.5 Å². The van der Waals surface area contributed by atoms with E-state index in [1.165, 1.54) is 12.3 Å². The van der Waals surface area contributed by atoms with Gasteiger partial charge < -0.3 is 15.2 Å². The third-order valence-electron chi connectivity index (χ3n) is 3.04. The van der Waals surface area contributed by atoms with Gasteiger partial charge in [-0.05, 0) is 35.7 Å². The molecule has 0 atom stereocenters. The van der Waals surface area contributed by atoms with Crippen LogP contribution in [0, 0.1) is 0 Å². The Morgan fingerprint density at radius 2 is 2.05 bits per heavy atom. The predicted octanol–water partition coefficient (Wildman–Crippen LogP) is 3.63. The van der Waals surface area contributed by atoms with Crippen molar-refractivity contribution >= 4 is 11.9 Å². The van der Waals surface area contributed by atoms with Crippen LogP contribution in [0.2, 0.25) is 0 Å². The predicted molar refractivity (Wildman–Crippen MR) is 74.5 cm³/mol. The van der Waals surface area contributed by atoms with Gasteiger partial charge in [0.15, 0.2) is 11.5 Å². The number of allylic oxidation sites excluding steroid dienone is 1. The summed E-state index contributed by atoms with van der Waals surface area (Å²) in [5.74, 6) is 0.905. The van der Waals surface area contributed by atoms with Crippen LogP contribution in [-0.4, -0.2) is 11.6 Å². The Bertz CT molecular complexity index is 702. The molecule has 0 saturated heterocycles. The molecule has 1 aliphatic carbocycles. The van der Waals surface area contributed by atoms with Gasteiger partial charge in [0.05, 0.1) is 0 Å². The maximum absolute atomic E-state index is 12.5. The van der Waals surface area contributed by atoms with Gasteiger partial charge in [0, 0.05) is 12.3 Å². The number of fused-ring (bicyclic) bond motifs is 1. The fourth-order valence-electron chi connectivity index (χ4n) is 2.15. The summed E-state index contributed by atoms with van der Waals surface area (Å²) in [5.41, 5.74) is 7.42. The first kappa shape index (κ1) is 13.4. The highest BCUT2D eigenvalue weighted by atomic mass is 19.3. The molecule has 0 aliphatic heterocycles. The molecule has 0 spiro atoms. The van der Waals surface area contributed by atoms with E-state index in [1.54, 1.807) is 18.2 Å². The minimum atomic E-state index is -2.91. The SMILES string of the molecule is Nc1cc(Oc2cc3c(cc2OC(F)F)CC=C3)ccn1. The lowest BCUT2D eigenvalue weighted by atomic mass is 10.1. The number of rotatable bonds is 4. The second-order valence-electron chi connectivity index (χ2n) is 4.50. The number of anilines is 1. The van der Waals surface area contributed by atoms with Crippen molar-refractivity contribution in [3.63, 3.8) is 0 Å². The molecule has 3 rings (SSSR count). The molecule has 6 heteroatoms.